The maximum atomic E-state index is 10.4. The van der Waals surface area contributed by atoms with E-state index in [-0.39, 0.29) is 35.6 Å². The Morgan fingerprint density at radius 2 is 1.17 bits per heavy atom. The highest BCUT2D eigenvalue weighted by Crippen LogP contribution is 2.35. The lowest BCUT2D eigenvalue weighted by Gasteiger charge is -2.25. The Bertz CT molecular complexity index is 777. The molecular weight excluding hydrogens is 400 g/mol. The molecule has 4 N–H and O–H groups in total. The number of nitrogens with zero attached hydrogens (tertiary/aromatic N) is 2. The lowest BCUT2D eigenvalue weighted by Crippen LogP contribution is -2.33. The average molecular weight is 439 g/mol. The van der Waals surface area contributed by atoms with Gasteiger partial charge in [0.1, 0.15) is 0 Å². The van der Waals surface area contributed by atoms with Gasteiger partial charge in [0.15, 0.2) is 31.8 Å². The van der Waals surface area contributed by atoms with Crippen molar-refractivity contribution in [1.29, 1.82) is 0 Å². The van der Waals surface area contributed by atoms with Crippen LogP contribution in [0.1, 0.15) is 63.7 Å². The average Bonchev–Trinajstić information content (AvgIpc) is 3.09. The molecule has 0 amide bonds. The summed E-state index contributed by atoms with van der Waals surface area (Å²) in [7, 11) is -0.158. The van der Waals surface area contributed by atoms with Crippen LogP contribution < -0.4 is 0 Å². The summed E-state index contributed by atoms with van der Waals surface area (Å²) in [5.74, 6) is 0.489. The van der Waals surface area contributed by atoms with E-state index in [0.717, 1.165) is 36.1 Å². The van der Waals surface area contributed by atoms with E-state index in [0.29, 0.717) is 12.8 Å². The number of aromatic nitrogens is 2. The third kappa shape index (κ3) is 5.34. The monoisotopic (exact) mass is 438 g/mol. The zero-order valence-electron chi connectivity index (χ0n) is 19.1. The molecule has 0 fully saturated rings. The molecule has 30 heavy (non-hydrogen) atoms. The van der Waals surface area contributed by atoms with Crippen molar-refractivity contribution in [3.63, 3.8) is 0 Å². The van der Waals surface area contributed by atoms with Gasteiger partial charge in [0.2, 0.25) is 0 Å². The van der Waals surface area contributed by atoms with E-state index in [1.165, 1.54) is 9.13 Å². The summed E-state index contributed by atoms with van der Waals surface area (Å²) in [5, 5.41) is 40.8. The van der Waals surface area contributed by atoms with Gasteiger partial charge in [-0.25, -0.2) is 0 Å². The van der Waals surface area contributed by atoms with Crippen LogP contribution in [-0.4, -0.2) is 45.0 Å². The van der Waals surface area contributed by atoms with E-state index < -0.39 is 8.32 Å². The summed E-state index contributed by atoms with van der Waals surface area (Å²) < 4.78 is 8.98. The Morgan fingerprint density at radius 3 is 1.43 bits per heavy atom. The summed E-state index contributed by atoms with van der Waals surface area (Å²) >= 11 is 0. The maximum absolute atomic E-state index is 10.4. The zero-order chi connectivity index (χ0) is 22.6. The minimum atomic E-state index is -1.92. The normalized spacial score (nSPS) is 12.4. The SMILES string of the molecule is CO[Si](C)(CCCc1cc(O)n(C(C)C)c1O)CCCc1cc(O)n(C(C)C)c1O. The van der Waals surface area contributed by atoms with Gasteiger partial charge in [0.05, 0.1) is 0 Å². The molecule has 170 valence electrons. The van der Waals surface area contributed by atoms with Crippen molar-refractivity contribution in [3.05, 3.63) is 23.3 Å². The molecule has 0 atom stereocenters. The zero-order valence-corrected chi connectivity index (χ0v) is 20.1. The van der Waals surface area contributed by atoms with Crippen molar-refractivity contribution < 1.29 is 24.9 Å². The number of rotatable bonds is 11. The Labute approximate surface area is 180 Å². The molecule has 0 aromatic carbocycles. The molecule has 8 heteroatoms. The van der Waals surface area contributed by atoms with Crippen LogP contribution in [-0.2, 0) is 17.3 Å². The van der Waals surface area contributed by atoms with Crippen molar-refractivity contribution in [2.75, 3.05) is 7.11 Å². The molecule has 0 bridgehead atoms. The molecule has 0 aliphatic heterocycles. The first-order chi connectivity index (χ1) is 14.0. The maximum Gasteiger partial charge on any atom is 0.197 e. The van der Waals surface area contributed by atoms with E-state index >= 15 is 0 Å². The summed E-state index contributed by atoms with van der Waals surface area (Å²) in [4.78, 5) is 0. The van der Waals surface area contributed by atoms with Gasteiger partial charge in [-0.15, -0.1) is 0 Å². The molecule has 0 aliphatic rings. The van der Waals surface area contributed by atoms with Crippen molar-refractivity contribution in [3.8, 4) is 23.5 Å². The quantitative estimate of drug-likeness (QED) is 0.367. The second kappa shape index (κ2) is 9.83. The highest BCUT2D eigenvalue weighted by atomic mass is 28.4. The van der Waals surface area contributed by atoms with Crippen LogP contribution in [0.5, 0.6) is 23.5 Å². The number of aromatic hydroxyl groups is 4. The lowest BCUT2D eigenvalue weighted by atomic mass is 10.2. The van der Waals surface area contributed by atoms with Gasteiger partial charge in [-0.05, 0) is 72.0 Å². The van der Waals surface area contributed by atoms with Crippen molar-refractivity contribution in [1.82, 2.24) is 9.13 Å². The molecule has 2 aromatic rings. The first kappa shape index (κ1) is 24.2. The molecule has 2 rings (SSSR count). The minimum absolute atomic E-state index is 0.00113. The van der Waals surface area contributed by atoms with Crippen molar-refractivity contribution in [2.45, 2.75) is 84.1 Å². The van der Waals surface area contributed by atoms with E-state index in [4.69, 9.17) is 4.43 Å². The Morgan fingerprint density at radius 1 is 0.800 bits per heavy atom. The molecule has 0 aliphatic carbocycles. The topological polar surface area (TPSA) is 100 Å². The Hall–Kier alpha value is -2.06. The van der Waals surface area contributed by atoms with Crippen LogP contribution in [0, 0.1) is 0 Å². The molecule has 0 radical (unpaired) electrons. The first-order valence-corrected chi connectivity index (χ1v) is 13.6. The van der Waals surface area contributed by atoms with Crippen LogP contribution in [0.15, 0.2) is 12.1 Å². The number of hydrogen-bond acceptors (Lipinski definition) is 5. The summed E-state index contributed by atoms with van der Waals surface area (Å²) in [6.45, 7) is 9.90. The second-order valence-corrected chi connectivity index (χ2v) is 13.3. The fourth-order valence-corrected chi connectivity index (χ4v) is 6.63. The Kier molecular flexibility index (Phi) is 7.93. The molecule has 0 saturated heterocycles. The van der Waals surface area contributed by atoms with E-state index in [1.54, 1.807) is 19.2 Å². The largest absolute Gasteiger partial charge is 0.494 e. The molecular formula is C22H38N2O5Si. The highest BCUT2D eigenvalue weighted by molar-refractivity contribution is 6.72. The number of hydrogen-bond donors (Lipinski definition) is 4. The van der Waals surface area contributed by atoms with E-state index in [1.807, 2.05) is 27.7 Å². The van der Waals surface area contributed by atoms with E-state index in [2.05, 4.69) is 6.55 Å². The number of aryl methyl sites for hydroxylation is 2. The van der Waals surface area contributed by atoms with Crippen LogP contribution in [0.2, 0.25) is 18.6 Å². The molecule has 0 spiro atoms. The van der Waals surface area contributed by atoms with Crippen LogP contribution in [0.25, 0.3) is 0 Å². The van der Waals surface area contributed by atoms with Gasteiger partial charge in [-0.2, -0.15) is 0 Å². The summed E-state index contributed by atoms with van der Waals surface area (Å²) in [6, 6.07) is 5.19. The smallest absolute Gasteiger partial charge is 0.197 e. The van der Waals surface area contributed by atoms with Gasteiger partial charge in [-0.3, -0.25) is 9.13 Å². The summed E-state index contributed by atoms with van der Waals surface area (Å²) in [5.41, 5.74) is 1.54. The predicted octanol–water partition coefficient (Wildman–Crippen LogP) is 5.06. The third-order valence-electron chi connectivity index (χ3n) is 5.96. The van der Waals surface area contributed by atoms with Gasteiger partial charge in [0.25, 0.3) is 0 Å². The second-order valence-electron chi connectivity index (χ2n) is 8.99. The standard InChI is InChI=1S/C22H38N2O5Si/c1-15(2)23-19(25)13-17(21(23)27)9-7-11-30(6,29-5)12-8-10-18-14-20(26)24(16(3)4)22(18)28/h13-16,25-28H,7-12H2,1-6H3. The lowest BCUT2D eigenvalue weighted by molar-refractivity contribution is 0.347. The molecule has 7 nitrogen and oxygen atoms in total. The predicted molar refractivity (Wildman–Crippen MR) is 121 cm³/mol. The molecule has 0 unspecified atom stereocenters. The van der Waals surface area contributed by atoms with Crippen LogP contribution >= 0.6 is 0 Å². The summed E-state index contributed by atoms with van der Waals surface area (Å²) in [6.07, 6.45) is 3.14. The van der Waals surface area contributed by atoms with Gasteiger partial charge in [0, 0.05) is 42.5 Å². The van der Waals surface area contributed by atoms with Gasteiger partial charge >= 0.3 is 0 Å². The van der Waals surface area contributed by atoms with Gasteiger partial charge in [-0.1, -0.05) is 0 Å². The fourth-order valence-electron chi connectivity index (χ4n) is 4.13. The van der Waals surface area contributed by atoms with Crippen molar-refractivity contribution in [2.24, 2.45) is 0 Å². The van der Waals surface area contributed by atoms with Crippen LogP contribution in [0.3, 0.4) is 0 Å². The Balaban J connectivity index is 1.91. The van der Waals surface area contributed by atoms with Gasteiger partial charge < -0.3 is 24.9 Å². The molecule has 0 saturated carbocycles. The molecule has 2 aromatic heterocycles. The highest BCUT2D eigenvalue weighted by Gasteiger charge is 2.28. The first-order valence-electron chi connectivity index (χ1n) is 10.8. The third-order valence-corrected chi connectivity index (χ3v) is 9.77. The fraction of sp³-hybridized carbons (Fsp3) is 0.636. The van der Waals surface area contributed by atoms with Crippen molar-refractivity contribution >= 4 is 8.32 Å². The molecule has 2 heterocycles. The van der Waals surface area contributed by atoms with Crippen LogP contribution in [0.4, 0.5) is 0 Å². The van der Waals surface area contributed by atoms with E-state index in [9.17, 15) is 20.4 Å². The minimum Gasteiger partial charge on any atom is -0.494 e.